The van der Waals surface area contributed by atoms with Gasteiger partial charge >= 0.3 is 0 Å². The molecule has 1 N–H and O–H groups in total. The lowest BCUT2D eigenvalue weighted by Crippen LogP contribution is -2.50. The van der Waals surface area contributed by atoms with Crippen LogP contribution in [0, 0.1) is 0 Å². The molecule has 0 spiro atoms. The number of piperazine rings is 1. The molecule has 2 rings (SSSR count). The molecular formula is C11H17N3O2S. The molecule has 1 amide bonds. The minimum atomic E-state index is -0.309. The van der Waals surface area contributed by atoms with Gasteiger partial charge in [0.25, 0.3) is 5.91 Å². The van der Waals surface area contributed by atoms with E-state index in [2.05, 4.69) is 9.88 Å². The summed E-state index contributed by atoms with van der Waals surface area (Å²) in [4.78, 5) is 20.0. The highest BCUT2D eigenvalue weighted by molar-refractivity contribution is 7.07. The van der Waals surface area contributed by atoms with E-state index in [4.69, 9.17) is 0 Å². The maximum absolute atomic E-state index is 12.0. The first kappa shape index (κ1) is 12.5. The number of thiazole rings is 1. The van der Waals surface area contributed by atoms with Gasteiger partial charge in [-0.25, -0.2) is 4.98 Å². The Morgan fingerprint density at radius 2 is 2.24 bits per heavy atom. The van der Waals surface area contributed by atoms with Crippen molar-refractivity contribution in [2.24, 2.45) is 0 Å². The number of β-amino-alcohol motifs (C(OH)–C–C–N with tert-alkyl or cyclic N) is 1. The first-order valence-electron chi connectivity index (χ1n) is 5.74. The molecule has 1 aliphatic rings. The summed E-state index contributed by atoms with van der Waals surface area (Å²) >= 11 is 1.44. The van der Waals surface area contributed by atoms with Gasteiger partial charge in [0.05, 0.1) is 11.6 Å². The molecule has 2 heterocycles. The zero-order valence-corrected chi connectivity index (χ0v) is 10.7. The summed E-state index contributed by atoms with van der Waals surface area (Å²) in [5, 5.41) is 11.1. The summed E-state index contributed by atoms with van der Waals surface area (Å²) in [6, 6.07) is 0. The molecular weight excluding hydrogens is 238 g/mol. The minimum Gasteiger partial charge on any atom is -0.392 e. The molecule has 0 aliphatic carbocycles. The van der Waals surface area contributed by atoms with Gasteiger partial charge in [0.2, 0.25) is 0 Å². The van der Waals surface area contributed by atoms with Crippen molar-refractivity contribution >= 4 is 17.2 Å². The summed E-state index contributed by atoms with van der Waals surface area (Å²) in [5.41, 5.74) is 2.22. The predicted molar refractivity (Wildman–Crippen MR) is 66.1 cm³/mol. The molecule has 0 saturated carbocycles. The molecule has 94 valence electrons. The lowest BCUT2D eigenvalue weighted by molar-refractivity contribution is 0.0550. The fourth-order valence-corrected chi connectivity index (χ4v) is 2.51. The number of hydrogen-bond donors (Lipinski definition) is 1. The van der Waals surface area contributed by atoms with E-state index in [-0.39, 0.29) is 12.0 Å². The fraction of sp³-hybridized carbons (Fsp3) is 0.636. The third-order valence-corrected chi connectivity index (χ3v) is 3.42. The quantitative estimate of drug-likeness (QED) is 0.843. The van der Waals surface area contributed by atoms with Crippen molar-refractivity contribution in [3.05, 3.63) is 16.6 Å². The second kappa shape index (κ2) is 5.57. The molecule has 0 aromatic carbocycles. The maximum Gasteiger partial charge on any atom is 0.273 e. The number of carbonyl (C=O) groups excluding carboxylic acids is 1. The van der Waals surface area contributed by atoms with Crippen LogP contribution in [0.15, 0.2) is 10.9 Å². The van der Waals surface area contributed by atoms with Gasteiger partial charge in [-0.15, -0.1) is 11.3 Å². The molecule has 1 aromatic rings. The zero-order valence-electron chi connectivity index (χ0n) is 9.87. The van der Waals surface area contributed by atoms with Gasteiger partial charge in [0.15, 0.2) is 0 Å². The third kappa shape index (κ3) is 3.24. The largest absolute Gasteiger partial charge is 0.392 e. The van der Waals surface area contributed by atoms with Crippen molar-refractivity contribution in [1.82, 2.24) is 14.8 Å². The molecule has 1 atom stereocenters. The van der Waals surface area contributed by atoms with Crippen LogP contribution in [0.2, 0.25) is 0 Å². The Balaban J connectivity index is 1.85. The zero-order chi connectivity index (χ0) is 12.3. The number of hydrogen-bond acceptors (Lipinski definition) is 5. The van der Waals surface area contributed by atoms with Crippen molar-refractivity contribution in [2.45, 2.75) is 13.0 Å². The molecule has 5 nitrogen and oxygen atoms in total. The van der Waals surface area contributed by atoms with Gasteiger partial charge in [-0.3, -0.25) is 9.69 Å². The van der Waals surface area contributed by atoms with Crippen molar-refractivity contribution < 1.29 is 9.90 Å². The van der Waals surface area contributed by atoms with E-state index in [1.54, 1.807) is 17.8 Å². The van der Waals surface area contributed by atoms with E-state index < -0.39 is 0 Å². The van der Waals surface area contributed by atoms with Crippen molar-refractivity contribution in [3.8, 4) is 0 Å². The molecule has 1 aliphatic heterocycles. The van der Waals surface area contributed by atoms with Gasteiger partial charge in [0, 0.05) is 38.1 Å². The lowest BCUT2D eigenvalue weighted by Gasteiger charge is -2.34. The third-order valence-electron chi connectivity index (χ3n) is 2.83. The normalized spacial score (nSPS) is 19.3. The lowest BCUT2D eigenvalue weighted by atomic mass is 10.2. The molecule has 0 radical (unpaired) electrons. The molecule has 17 heavy (non-hydrogen) atoms. The summed E-state index contributed by atoms with van der Waals surface area (Å²) < 4.78 is 0. The Kier molecular flexibility index (Phi) is 4.09. The van der Waals surface area contributed by atoms with Crippen LogP contribution in [-0.2, 0) is 0 Å². The number of rotatable bonds is 3. The average Bonchev–Trinajstić information content (AvgIpc) is 2.82. The van der Waals surface area contributed by atoms with Crippen LogP contribution in [0.25, 0.3) is 0 Å². The van der Waals surface area contributed by atoms with Crippen LogP contribution in [0.5, 0.6) is 0 Å². The van der Waals surface area contributed by atoms with Gasteiger partial charge in [-0.2, -0.15) is 0 Å². The topological polar surface area (TPSA) is 56.7 Å². The molecule has 1 saturated heterocycles. The Labute approximate surface area is 105 Å². The first-order valence-corrected chi connectivity index (χ1v) is 6.69. The van der Waals surface area contributed by atoms with Crippen LogP contribution in [0.4, 0.5) is 0 Å². The second-order valence-corrected chi connectivity index (χ2v) is 5.03. The van der Waals surface area contributed by atoms with E-state index in [0.717, 1.165) is 13.1 Å². The van der Waals surface area contributed by atoms with E-state index >= 15 is 0 Å². The predicted octanol–water partition coefficient (Wildman–Crippen LogP) is 0.282. The standard InChI is InChI=1S/C11H17N3O2S/c1-9(15)6-13-2-4-14(5-3-13)11(16)10-7-17-8-12-10/h7-9,15H,2-6H2,1H3/t9-/m1/s1. The van der Waals surface area contributed by atoms with E-state index in [1.807, 2.05) is 4.90 Å². The molecule has 0 unspecified atom stereocenters. The number of carbonyl (C=O) groups is 1. The van der Waals surface area contributed by atoms with Crippen LogP contribution < -0.4 is 0 Å². The van der Waals surface area contributed by atoms with Crippen LogP contribution in [0.1, 0.15) is 17.4 Å². The summed E-state index contributed by atoms with van der Waals surface area (Å²) in [5.74, 6) is 0.0166. The number of aliphatic hydroxyl groups is 1. The van der Waals surface area contributed by atoms with Gasteiger partial charge in [-0.1, -0.05) is 0 Å². The number of aromatic nitrogens is 1. The van der Waals surface area contributed by atoms with Crippen molar-refractivity contribution in [1.29, 1.82) is 0 Å². The Bertz CT molecular complexity index is 359. The Hall–Kier alpha value is -0.980. The average molecular weight is 255 g/mol. The fourth-order valence-electron chi connectivity index (χ4n) is 1.99. The number of nitrogens with zero attached hydrogens (tertiary/aromatic N) is 3. The molecule has 1 aromatic heterocycles. The van der Waals surface area contributed by atoms with Crippen LogP contribution >= 0.6 is 11.3 Å². The van der Waals surface area contributed by atoms with Gasteiger partial charge in [-0.05, 0) is 6.92 Å². The van der Waals surface area contributed by atoms with Gasteiger partial charge < -0.3 is 10.0 Å². The van der Waals surface area contributed by atoms with Crippen LogP contribution in [0.3, 0.4) is 0 Å². The van der Waals surface area contributed by atoms with Gasteiger partial charge in [0.1, 0.15) is 5.69 Å². The highest BCUT2D eigenvalue weighted by Crippen LogP contribution is 2.09. The van der Waals surface area contributed by atoms with E-state index in [9.17, 15) is 9.90 Å². The highest BCUT2D eigenvalue weighted by Gasteiger charge is 2.23. The van der Waals surface area contributed by atoms with E-state index in [1.165, 1.54) is 11.3 Å². The number of aliphatic hydroxyl groups excluding tert-OH is 1. The SMILES string of the molecule is C[C@@H](O)CN1CCN(C(=O)c2cscn2)CC1. The molecule has 0 bridgehead atoms. The highest BCUT2D eigenvalue weighted by atomic mass is 32.1. The van der Waals surface area contributed by atoms with E-state index in [0.29, 0.717) is 25.3 Å². The monoisotopic (exact) mass is 255 g/mol. The minimum absolute atomic E-state index is 0.0166. The summed E-state index contributed by atoms with van der Waals surface area (Å²) in [6.07, 6.45) is -0.309. The smallest absolute Gasteiger partial charge is 0.273 e. The Morgan fingerprint density at radius 1 is 1.53 bits per heavy atom. The second-order valence-electron chi connectivity index (χ2n) is 4.32. The maximum atomic E-state index is 12.0. The number of amides is 1. The van der Waals surface area contributed by atoms with Crippen molar-refractivity contribution in [3.63, 3.8) is 0 Å². The first-order chi connectivity index (χ1) is 8.16. The Morgan fingerprint density at radius 3 is 2.76 bits per heavy atom. The summed E-state index contributed by atoms with van der Waals surface area (Å²) in [6.45, 7) is 5.53. The molecule has 1 fully saturated rings. The van der Waals surface area contributed by atoms with Crippen molar-refractivity contribution in [2.75, 3.05) is 32.7 Å². The molecule has 6 heteroatoms. The summed E-state index contributed by atoms with van der Waals surface area (Å²) in [7, 11) is 0. The van der Waals surface area contributed by atoms with Crippen LogP contribution in [-0.4, -0.2) is 64.6 Å².